The second-order valence-corrected chi connectivity index (χ2v) is 5.46. The van der Waals surface area contributed by atoms with E-state index in [0.717, 1.165) is 10.2 Å². The maximum absolute atomic E-state index is 11.9. The SMILES string of the molecule is Cc1n[nH]c(C)c1NC(=O)CNC(=O)c1ccc(Br)cc1. The molecule has 0 bridgehead atoms. The van der Waals surface area contributed by atoms with E-state index in [4.69, 9.17) is 0 Å². The van der Waals surface area contributed by atoms with Crippen LogP contribution >= 0.6 is 15.9 Å². The van der Waals surface area contributed by atoms with Gasteiger partial charge in [0.05, 0.1) is 23.6 Å². The molecule has 110 valence electrons. The van der Waals surface area contributed by atoms with Gasteiger partial charge < -0.3 is 10.6 Å². The Hall–Kier alpha value is -2.15. The molecule has 0 radical (unpaired) electrons. The normalized spacial score (nSPS) is 10.2. The first kappa shape index (κ1) is 15.2. The molecule has 0 aliphatic carbocycles. The first-order chi connectivity index (χ1) is 9.97. The number of carbonyl (C=O) groups is 2. The molecule has 0 aliphatic rings. The summed E-state index contributed by atoms with van der Waals surface area (Å²) < 4.78 is 0.891. The molecule has 0 saturated heterocycles. The van der Waals surface area contributed by atoms with E-state index in [-0.39, 0.29) is 18.4 Å². The lowest BCUT2D eigenvalue weighted by atomic mass is 10.2. The lowest BCUT2D eigenvalue weighted by Crippen LogP contribution is -2.33. The zero-order valence-electron chi connectivity index (χ0n) is 11.7. The monoisotopic (exact) mass is 350 g/mol. The third-order valence-electron chi connectivity index (χ3n) is 2.91. The molecule has 3 N–H and O–H groups in total. The van der Waals surface area contributed by atoms with Crippen LogP contribution < -0.4 is 10.6 Å². The molecule has 0 spiro atoms. The van der Waals surface area contributed by atoms with E-state index >= 15 is 0 Å². The molecule has 6 nitrogen and oxygen atoms in total. The van der Waals surface area contributed by atoms with E-state index in [1.807, 2.05) is 6.92 Å². The standard InChI is InChI=1S/C14H15BrN4O2/c1-8-13(9(2)19-18-8)17-12(20)7-16-14(21)10-3-5-11(15)6-4-10/h3-6H,7H2,1-2H3,(H,16,21)(H,17,20)(H,18,19). The van der Waals surface area contributed by atoms with Gasteiger partial charge >= 0.3 is 0 Å². The summed E-state index contributed by atoms with van der Waals surface area (Å²) in [5.74, 6) is -0.591. The number of aromatic nitrogens is 2. The summed E-state index contributed by atoms with van der Waals surface area (Å²) >= 11 is 3.30. The fourth-order valence-electron chi connectivity index (χ4n) is 1.78. The number of amides is 2. The molecule has 21 heavy (non-hydrogen) atoms. The molecule has 2 rings (SSSR count). The Kier molecular flexibility index (Phi) is 4.74. The molecule has 0 fully saturated rings. The minimum absolute atomic E-state index is 0.0983. The minimum atomic E-state index is -0.298. The van der Waals surface area contributed by atoms with Gasteiger partial charge in [-0.25, -0.2) is 0 Å². The smallest absolute Gasteiger partial charge is 0.251 e. The lowest BCUT2D eigenvalue weighted by molar-refractivity contribution is -0.115. The molecule has 7 heteroatoms. The summed E-state index contributed by atoms with van der Waals surface area (Å²) in [5, 5.41) is 12.1. The van der Waals surface area contributed by atoms with Crippen LogP contribution in [0.3, 0.4) is 0 Å². The fourth-order valence-corrected chi connectivity index (χ4v) is 2.05. The first-order valence-electron chi connectivity index (χ1n) is 6.32. The Morgan fingerprint density at radius 3 is 2.48 bits per heavy atom. The third-order valence-corrected chi connectivity index (χ3v) is 3.44. The van der Waals surface area contributed by atoms with Gasteiger partial charge in [0.1, 0.15) is 0 Å². The van der Waals surface area contributed by atoms with Gasteiger partial charge in [-0.1, -0.05) is 15.9 Å². The Bertz CT molecular complexity index is 645. The lowest BCUT2D eigenvalue weighted by Gasteiger charge is -2.07. The summed E-state index contributed by atoms with van der Waals surface area (Å²) in [4.78, 5) is 23.7. The highest BCUT2D eigenvalue weighted by molar-refractivity contribution is 9.10. The van der Waals surface area contributed by atoms with Crippen LogP contribution in [0.4, 0.5) is 5.69 Å². The van der Waals surface area contributed by atoms with Gasteiger partial charge in [-0.15, -0.1) is 0 Å². The predicted molar refractivity (Wildman–Crippen MR) is 83.2 cm³/mol. The topological polar surface area (TPSA) is 86.9 Å². The number of aryl methyl sites for hydroxylation is 2. The van der Waals surface area contributed by atoms with Crippen LogP contribution in [0.5, 0.6) is 0 Å². The highest BCUT2D eigenvalue weighted by Gasteiger charge is 2.12. The van der Waals surface area contributed by atoms with E-state index in [1.165, 1.54) is 0 Å². The van der Waals surface area contributed by atoms with E-state index in [1.54, 1.807) is 31.2 Å². The van der Waals surface area contributed by atoms with Crippen LogP contribution in [0.25, 0.3) is 0 Å². The number of hydrogen-bond donors (Lipinski definition) is 3. The molecule has 1 heterocycles. The van der Waals surface area contributed by atoms with Crippen molar-refractivity contribution in [3.05, 3.63) is 45.7 Å². The first-order valence-corrected chi connectivity index (χ1v) is 7.12. The molecule has 1 aromatic carbocycles. The summed E-state index contributed by atoms with van der Waals surface area (Å²) in [7, 11) is 0. The minimum Gasteiger partial charge on any atom is -0.343 e. The number of nitrogens with zero attached hydrogens (tertiary/aromatic N) is 1. The third kappa shape index (κ3) is 3.91. The number of benzene rings is 1. The number of nitrogens with one attached hydrogen (secondary N) is 3. The maximum Gasteiger partial charge on any atom is 0.251 e. The number of carbonyl (C=O) groups excluding carboxylic acids is 2. The van der Waals surface area contributed by atoms with E-state index in [9.17, 15) is 9.59 Å². The van der Waals surface area contributed by atoms with Gasteiger partial charge in [0.25, 0.3) is 5.91 Å². The zero-order chi connectivity index (χ0) is 15.4. The number of aromatic amines is 1. The van der Waals surface area contributed by atoms with Crippen molar-refractivity contribution in [2.24, 2.45) is 0 Å². The summed E-state index contributed by atoms with van der Waals surface area (Å²) in [6, 6.07) is 6.91. The van der Waals surface area contributed by atoms with Crippen LogP contribution in [0.15, 0.2) is 28.7 Å². The molecule has 2 aromatic rings. The Morgan fingerprint density at radius 1 is 1.24 bits per heavy atom. The fraction of sp³-hybridized carbons (Fsp3) is 0.214. The molecule has 0 saturated carbocycles. The summed E-state index contributed by atoms with van der Waals surface area (Å²) in [6.45, 7) is 3.51. The summed E-state index contributed by atoms with van der Waals surface area (Å²) in [5.41, 5.74) is 2.64. The van der Waals surface area contributed by atoms with Crippen LogP contribution in [0.1, 0.15) is 21.7 Å². The highest BCUT2D eigenvalue weighted by Crippen LogP contribution is 2.15. The van der Waals surface area contributed by atoms with Crippen molar-refractivity contribution >= 4 is 33.4 Å². The summed E-state index contributed by atoms with van der Waals surface area (Å²) in [6.07, 6.45) is 0. The van der Waals surface area contributed by atoms with Gasteiger partial charge in [0, 0.05) is 10.0 Å². The molecular formula is C14H15BrN4O2. The van der Waals surface area contributed by atoms with Gasteiger partial charge in [0.15, 0.2) is 0 Å². The number of rotatable bonds is 4. The second kappa shape index (κ2) is 6.53. The van der Waals surface area contributed by atoms with Crippen LogP contribution in [0, 0.1) is 13.8 Å². The molecule has 0 unspecified atom stereocenters. The Balaban J connectivity index is 1.89. The molecule has 1 aromatic heterocycles. The van der Waals surface area contributed by atoms with Crippen molar-refractivity contribution in [1.82, 2.24) is 15.5 Å². The van der Waals surface area contributed by atoms with Gasteiger partial charge in [0.2, 0.25) is 5.91 Å². The molecule has 0 atom stereocenters. The van der Waals surface area contributed by atoms with Crippen LogP contribution in [-0.2, 0) is 4.79 Å². The van der Waals surface area contributed by atoms with E-state index in [2.05, 4.69) is 36.8 Å². The number of hydrogen-bond acceptors (Lipinski definition) is 3. The molecule has 0 aliphatic heterocycles. The molecular weight excluding hydrogens is 336 g/mol. The van der Waals surface area contributed by atoms with Gasteiger partial charge in [-0.3, -0.25) is 14.7 Å². The Morgan fingerprint density at radius 2 is 1.90 bits per heavy atom. The second-order valence-electron chi connectivity index (χ2n) is 4.55. The Labute approximate surface area is 130 Å². The average molecular weight is 351 g/mol. The van der Waals surface area contributed by atoms with Crippen molar-refractivity contribution < 1.29 is 9.59 Å². The number of anilines is 1. The van der Waals surface area contributed by atoms with E-state index in [0.29, 0.717) is 16.9 Å². The van der Waals surface area contributed by atoms with Crippen molar-refractivity contribution in [2.45, 2.75) is 13.8 Å². The highest BCUT2D eigenvalue weighted by atomic mass is 79.9. The maximum atomic E-state index is 11.9. The van der Waals surface area contributed by atoms with E-state index < -0.39 is 0 Å². The van der Waals surface area contributed by atoms with Crippen molar-refractivity contribution in [3.8, 4) is 0 Å². The van der Waals surface area contributed by atoms with Crippen molar-refractivity contribution in [2.75, 3.05) is 11.9 Å². The van der Waals surface area contributed by atoms with Crippen LogP contribution in [-0.4, -0.2) is 28.6 Å². The zero-order valence-corrected chi connectivity index (χ0v) is 13.2. The van der Waals surface area contributed by atoms with Gasteiger partial charge in [-0.05, 0) is 38.1 Å². The van der Waals surface area contributed by atoms with Crippen LogP contribution in [0.2, 0.25) is 0 Å². The number of H-pyrrole nitrogens is 1. The predicted octanol–water partition coefficient (Wildman–Crippen LogP) is 2.16. The number of halogens is 1. The van der Waals surface area contributed by atoms with Crippen molar-refractivity contribution in [1.29, 1.82) is 0 Å². The quantitative estimate of drug-likeness (QED) is 0.789. The van der Waals surface area contributed by atoms with Gasteiger partial charge in [-0.2, -0.15) is 5.10 Å². The average Bonchev–Trinajstić information content (AvgIpc) is 2.77. The van der Waals surface area contributed by atoms with Crippen molar-refractivity contribution in [3.63, 3.8) is 0 Å². The molecule has 2 amide bonds. The largest absolute Gasteiger partial charge is 0.343 e.